The third-order valence-electron chi connectivity index (χ3n) is 4.63. The van der Waals surface area contributed by atoms with Gasteiger partial charge in [-0.3, -0.25) is 15.0 Å². The molecule has 144 valence electrons. The summed E-state index contributed by atoms with van der Waals surface area (Å²) in [5.74, 6) is -0.654. The second kappa shape index (κ2) is 7.91. The van der Waals surface area contributed by atoms with Crippen LogP contribution in [0.2, 0.25) is 0 Å². The highest BCUT2D eigenvalue weighted by Gasteiger charge is 2.38. The molecule has 0 spiro atoms. The van der Waals surface area contributed by atoms with Gasteiger partial charge in [0.05, 0.1) is 35.8 Å². The highest BCUT2D eigenvalue weighted by atomic mass is 16.6. The number of ether oxygens (including phenoxy) is 1. The van der Waals surface area contributed by atoms with Crippen molar-refractivity contribution in [2.45, 2.75) is 19.5 Å². The van der Waals surface area contributed by atoms with Crippen molar-refractivity contribution < 1.29 is 19.2 Å². The minimum atomic E-state index is -0.978. The number of methoxy groups -OCH3 is 1. The topological polar surface area (TPSA) is 102 Å². The fourth-order valence-electron chi connectivity index (χ4n) is 3.24. The number of rotatable bonds is 5. The summed E-state index contributed by atoms with van der Waals surface area (Å²) in [5, 5.41) is 14.1. The number of nitrogens with zero attached hydrogens (tertiary/aromatic N) is 2. The Morgan fingerprint density at radius 3 is 2.46 bits per heavy atom. The standard InChI is InChI=1S/C20H19N3O5/c1-13-17(19(24)28-2)18(15-10-6-7-11-16(15)23(26)27)21-20(25)22(13)12-14-8-4-3-5-9-14/h3-11,18H,12H2,1-2H3,(H,21,25)/t18-/m0/s1. The largest absolute Gasteiger partial charge is 0.466 e. The summed E-state index contributed by atoms with van der Waals surface area (Å²) in [4.78, 5) is 37.6. The number of nitrogens with one attached hydrogen (secondary N) is 1. The number of nitro groups is 1. The Labute approximate surface area is 161 Å². The van der Waals surface area contributed by atoms with Crippen molar-refractivity contribution >= 4 is 17.7 Å². The first-order chi connectivity index (χ1) is 13.4. The Hall–Kier alpha value is -3.68. The molecule has 2 aromatic rings. The first kappa shape index (κ1) is 19.1. The number of carbonyl (C=O) groups excluding carboxylic acids is 2. The molecule has 3 rings (SSSR count). The van der Waals surface area contributed by atoms with Crippen LogP contribution in [0.1, 0.15) is 24.1 Å². The minimum absolute atomic E-state index is 0.160. The molecule has 2 aromatic carbocycles. The summed E-state index contributed by atoms with van der Waals surface area (Å²) in [6.45, 7) is 1.89. The van der Waals surface area contributed by atoms with Crippen LogP contribution in [0.5, 0.6) is 0 Å². The van der Waals surface area contributed by atoms with E-state index in [0.717, 1.165) is 5.56 Å². The summed E-state index contributed by atoms with van der Waals surface area (Å²) in [6, 6.07) is 13.9. The highest BCUT2D eigenvalue weighted by molar-refractivity contribution is 5.95. The van der Waals surface area contributed by atoms with E-state index in [1.165, 1.54) is 30.2 Å². The molecule has 8 nitrogen and oxygen atoms in total. The molecule has 0 saturated carbocycles. The van der Waals surface area contributed by atoms with Gasteiger partial charge in [-0.2, -0.15) is 0 Å². The van der Waals surface area contributed by atoms with E-state index in [0.29, 0.717) is 5.70 Å². The van der Waals surface area contributed by atoms with Crippen LogP contribution in [0, 0.1) is 10.1 Å². The molecule has 28 heavy (non-hydrogen) atoms. The van der Waals surface area contributed by atoms with Crippen LogP contribution in [-0.4, -0.2) is 28.9 Å². The Morgan fingerprint density at radius 1 is 1.18 bits per heavy atom. The molecular weight excluding hydrogens is 362 g/mol. The van der Waals surface area contributed by atoms with E-state index in [1.54, 1.807) is 13.0 Å². The number of benzene rings is 2. The minimum Gasteiger partial charge on any atom is -0.466 e. The van der Waals surface area contributed by atoms with Gasteiger partial charge in [0, 0.05) is 11.8 Å². The van der Waals surface area contributed by atoms with Crippen molar-refractivity contribution in [2.75, 3.05) is 7.11 Å². The Bertz CT molecular complexity index is 955. The smallest absolute Gasteiger partial charge is 0.337 e. The molecule has 2 amide bonds. The molecule has 0 aliphatic carbocycles. The zero-order chi connectivity index (χ0) is 20.3. The molecule has 1 aliphatic rings. The number of esters is 1. The first-order valence-corrected chi connectivity index (χ1v) is 8.58. The Kier molecular flexibility index (Phi) is 5.39. The summed E-state index contributed by atoms with van der Waals surface area (Å²) < 4.78 is 4.90. The summed E-state index contributed by atoms with van der Waals surface area (Å²) in [7, 11) is 1.23. The lowest BCUT2D eigenvalue weighted by atomic mass is 9.93. The van der Waals surface area contributed by atoms with Gasteiger partial charge in [-0.15, -0.1) is 0 Å². The molecular formula is C20H19N3O5. The van der Waals surface area contributed by atoms with E-state index >= 15 is 0 Å². The fraction of sp³-hybridized carbons (Fsp3) is 0.200. The average molecular weight is 381 g/mol. The fourth-order valence-corrected chi connectivity index (χ4v) is 3.24. The van der Waals surface area contributed by atoms with Crippen LogP contribution in [0.25, 0.3) is 0 Å². The van der Waals surface area contributed by atoms with Gasteiger partial charge < -0.3 is 10.1 Å². The van der Waals surface area contributed by atoms with Crippen LogP contribution in [-0.2, 0) is 16.1 Å². The van der Waals surface area contributed by atoms with Crippen LogP contribution in [0.4, 0.5) is 10.5 Å². The molecule has 1 N–H and O–H groups in total. The maximum atomic E-state index is 12.8. The molecule has 1 aliphatic heterocycles. The van der Waals surface area contributed by atoms with E-state index in [1.807, 2.05) is 30.3 Å². The lowest BCUT2D eigenvalue weighted by molar-refractivity contribution is -0.385. The van der Waals surface area contributed by atoms with Crippen LogP contribution in [0.3, 0.4) is 0 Å². The van der Waals surface area contributed by atoms with Crippen molar-refractivity contribution in [3.8, 4) is 0 Å². The first-order valence-electron chi connectivity index (χ1n) is 8.58. The molecule has 8 heteroatoms. The molecule has 0 unspecified atom stereocenters. The molecule has 1 atom stereocenters. The number of hydrogen-bond acceptors (Lipinski definition) is 5. The van der Waals surface area contributed by atoms with E-state index < -0.39 is 23.0 Å². The van der Waals surface area contributed by atoms with Gasteiger partial charge in [0.1, 0.15) is 0 Å². The lowest BCUT2D eigenvalue weighted by Crippen LogP contribution is -2.47. The normalized spacial score (nSPS) is 16.6. The van der Waals surface area contributed by atoms with E-state index in [4.69, 9.17) is 4.74 Å². The van der Waals surface area contributed by atoms with E-state index in [-0.39, 0.29) is 23.4 Å². The predicted octanol–water partition coefficient (Wildman–Crippen LogP) is 3.31. The third-order valence-corrected chi connectivity index (χ3v) is 4.63. The Balaban J connectivity index is 2.09. The van der Waals surface area contributed by atoms with Gasteiger partial charge >= 0.3 is 12.0 Å². The molecule has 0 radical (unpaired) electrons. The van der Waals surface area contributed by atoms with E-state index in [2.05, 4.69) is 5.32 Å². The second-order valence-electron chi connectivity index (χ2n) is 6.26. The van der Waals surface area contributed by atoms with Gasteiger partial charge in [-0.05, 0) is 18.6 Å². The van der Waals surface area contributed by atoms with Gasteiger partial charge in [0.2, 0.25) is 0 Å². The van der Waals surface area contributed by atoms with Crippen LogP contribution >= 0.6 is 0 Å². The summed E-state index contributed by atoms with van der Waals surface area (Å²) >= 11 is 0. The van der Waals surface area contributed by atoms with Gasteiger partial charge in [0.25, 0.3) is 5.69 Å². The number of allylic oxidation sites excluding steroid dienone is 1. The average Bonchev–Trinajstić information content (AvgIpc) is 2.71. The number of hydrogen-bond donors (Lipinski definition) is 1. The molecule has 0 fully saturated rings. The molecule has 0 saturated heterocycles. The predicted molar refractivity (Wildman–Crippen MR) is 101 cm³/mol. The van der Waals surface area contributed by atoms with Crippen molar-refractivity contribution in [3.63, 3.8) is 0 Å². The van der Waals surface area contributed by atoms with Gasteiger partial charge in [-0.1, -0.05) is 42.5 Å². The zero-order valence-electron chi connectivity index (χ0n) is 15.4. The quantitative estimate of drug-likeness (QED) is 0.486. The monoisotopic (exact) mass is 381 g/mol. The van der Waals surface area contributed by atoms with Gasteiger partial charge in [0.15, 0.2) is 0 Å². The van der Waals surface area contributed by atoms with Crippen molar-refractivity contribution in [3.05, 3.63) is 87.1 Å². The van der Waals surface area contributed by atoms with Crippen molar-refractivity contribution in [2.24, 2.45) is 0 Å². The number of carbonyl (C=O) groups is 2. The van der Waals surface area contributed by atoms with Crippen LogP contribution in [0.15, 0.2) is 65.9 Å². The number of nitro benzene ring substituents is 1. The second-order valence-corrected chi connectivity index (χ2v) is 6.26. The number of amides is 2. The van der Waals surface area contributed by atoms with E-state index in [9.17, 15) is 19.7 Å². The molecule has 0 bridgehead atoms. The summed E-state index contributed by atoms with van der Waals surface area (Å²) in [6.07, 6.45) is 0. The number of para-hydroxylation sites is 1. The number of urea groups is 1. The van der Waals surface area contributed by atoms with Crippen molar-refractivity contribution in [1.82, 2.24) is 10.2 Å². The van der Waals surface area contributed by atoms with Crippen molar-refractivity contribution in [1.29, 1.82) is 0 Å². The molecule has 1 heterocycles. The van der Waals surface area contributed by atoms with Gasteiger partial charge in [-0.25, -0.2) is 9.59 Å². The lowest BCUT2D eigenvalue weighted by Gasteiger charge is -2.35. The zero-order valence-corrected chi connectivity index (χ0v) is 15.4. The maximum Gasteiger partial charge on any atom is 0.337 e. The molecule has 0 aromatic heterocycles. The Morgan fingerprint density at radius 2 is 1.82 bits per heavy atom. The highest BCUT2D eigenvalue weighted by Crippen LogP contribution is 2.36. The summed E-state index contributed by atoms with van der Waals surface area (Å²) in [5.41, 5.74) is 1.47. The maximum absolute atomic E-state index is 12.8. The van der Waals surface area contributed by atoms with Crippen LogP contribution < -0.4 is 5.32 Å². The SMILES string of the molecule is COC(=O)C1=C(C)N(Cc2ccccc2)C(=O)N[C@H]1c1ccccc1[N+](=O)[O-]. The third kappa shape index (κ3) is 3.57.